The molecule has 8 heterocycles. The van der Waals surface area contributed by atoms with Crippen LogP contribution in [0.4, 0.5) is 0 Å². The van der Waals surface area contributed by atoms with Crippen molar-refractivity contribution in [1.29, 1.82) is 5.26 Å². The van der Waals surface area contributed by atoms with Crippen molar-refractivity contribution in [2.24, 2.45) is 0 Å². The lowest BCUT2D eigenvalue weighted by molar-refractivity contribution is 0.303. The summed E-state index contributed by atoms with van der Waals surface area (Å²) >= 11 is 0. The molecule has 20 rings (SSSR count). The minimum Gasteiger partial charge on any atom is -0.494 e. The van der Waals surface area contributed by atoms with E-state index in [1.54, 1.807) is 6.20 Å². The van der Waals surface area contributed by atoms with Gasteiger partial charge in [0.15, 0.2) is 11.6 Å². The second-order valence-corrected chi connectivity index (χ2v) is 26.0. The Morgan fingerprint density at radius 2 is 0.590 bits per heavy atom. The number of nitriles is 1. The van der Waals surface area contributed by atoms with E-state index in [9.17, 15) is 5.26 Å². The Morgan fingerprint density at radius 3 is 0.910 bits per heavy atom. The highest BCUT2D eigenvalue weighted by molar-refractivity contribution is 6.17. The van der Waals surface area contributed by atoms with Gasteiger partial charge in [-0.1, -0.05) is 182 Å². The van der Waals surface area contributed by atoms with Crippen molar-refractivity contribution < 1.29 is 9.47 Å². The van der Waals surface area contributed by atoms with Crippen molar-refractivity contribution in [1.82, 2.24) is 37.4 Å². The number of hydrogen-bond donors (Lipinski definition) is 0. The number of rotatable bonds is 15. The molecule has 11 heteroatoms. The fourth-order valence-corrected chi connectivity index (χ4v) is 16.3. The molecule has 0 N–H and O–H groups in total. The molecule has 20 aromatic rings. The molecule has 0 aliphatic rings. The second kappa shape index (κ2) is 23.0. The maximum Gasteiger partial charge on any atom is 0.165 e. The van der Waals surface area contributed by atoms with Crippen LogP contribution < -0.4 is 9.47 Å². The van der Waals surface area contributed by atoms with Gasteiger partial charge in [-0.25, -0.2) is 4.98 Å². The van der Waals surface area contributed by atoms with Gasteiger partial charge in [0, 0.05) is 106 Å². The molecule has 0 saturated heterocycles. The lowest BCUT2D eigenvalue weighted by Crippen LogP contribution is -2.16. The topological polar surface area (TPSA) is 97.6 Å². The molecule has 0 aliphatic carbocycles. The highest BCUT2D eigenvalue weighted by atomic mass is 16.5. The number of pyridine rings is 2. The number of ether oxygens (including phenoxy) is 2. The summed E-state index contributed by atoms with van der Waals surface area (Å²) in [7, 11) is 0. The van der Waals surface area contributed by atoms with Crippen molar-refractivity contribution >= 4 is 131 Å². The predicted octanol–water partition coefficient (Wildman–Crippen LogP) is 21.6. The Morgan fingerprint density at radius 1 is 0.300 bits per heavy atom. The summed E-state index contributed by atoms with van der Waals surface area (Å²) < 4.78 is 28.1. The van der Waals surface area contributed by atoms with Crippen LogP contribution in [-0.4, -0.2) is 50.6 Å². The molecule has 0 amide bonds. The Bertz CT molecular complexity index is 6180. The number of fused-ring (bicyclic) bond motifs is 18. The number of nitrogens with zero attached hydrogens (tertiary/aromatic N) is 9. The van der Waals surface area contributed by atoms with Crippen molar-refractivity contribution in [3.8, 4) is 51.8 Å². The van der Waals surface area contributed by atoms with Gasteiger partial charge < -0.3 is 27.7 Å². The normalized spacial score (nSPS) is 12.0. The average molecular weight is 1290 g/mol. The third-order valence-corrected chi connectivity index (χ3v) is 20.5. The summed E-state index contributed by atoms with van der Waals surface area (Å²) in [5.74, 6) is 2.92. The summed E-state index contributed by atoms with van der Waals surface area (Å²) in [6.45, 7) is 2.66. The first-order valence-electron chi connectivity index (χ1n) is 34.3. The average Bonchev–Trinajstić information content (AvgIpc) is 1.47. The first-order chi connectivity index (χ1) is 49.6. The highest BCUT2D eigenvalue weighted by Crippen LogP contribution is 2.49. The number of aromatic nitrogens is 8. The van der Waals surface area contributed by atoms with Crippen LogP contribution >= 0.6 is 0 Å². The van der Waals surface area contributed by atoms with E-state index in [1.807, 2.05) is 12.1 Å². The molecular weight excluding hydrogens is 1230 g/mol. The third kappa shape index (κ3) is 8.76. The first kappa shape index (κ1) is 57.1. The minimum absolute atomic E-state index is 0.453. The van der Waals surface area contributed by atoms with Gasteiger partial charge in [0.05, 0.1) is 74.2 Å². The van der Waals surface area contributed by atoms with Gasteiger partial charge in [-0.05, 0) is 122 Å². The van der Waals surface area contributed by atoms with E-state index < -0.39 is 0 Å². The maximum atomic E-state index is 10.6. The van der Waals surface area contributed by atoms with Crippen LogP contribution in [0.2, 0.25) is 0 Å². The molecule has 0 fully saturated rings. The summed E-state index contributed by atoms with van der Waals surface area (Å²) in [4.78, 5) is 11.9. The Labute approximate surface area is 573 Å². The van der Waals surface area contributed by atoms with Gasteiger partial charge in [0.25, 0.3) is 0 Å². The lowest BCUT2D eigenvalue weighted by Gasteiger charge is -2.26. The van der Waals surface area contributed by atoms with Crippen LogP contribution in [0.25, 0.3) is 165 Å². The van der Waals surface area contributed by atoms with Gasteiger partial charge in [-0.2, -0.15) is 5.26 Å². The molecule has 100 heavy (non-hydrogen) atoms. The molecule has 0 bridgehead atoms. The molecule has 0 radical (unpaired) electrons. The molecule has 0 spiro atoms. The van der Waals surface area contributed by atoms with E-state index in [0.717, 1.165) is 142 Å². The van der Waals surface area contributed by atoms with Gasteiger partial charge in [-0.3, -0.25) is 14.1 Å². The van der Waals surface area contributed by atoms with E-state index >= 15 is 0 Å². The van der Waals surface area contributed by atoms with Crippen molar-refractivity contribution in [2.45, 2.75) is 25.9 Å². The van der Waals surface area contributed by atoms with Gasteiger partial charge >= 0.3 is 0 Å². The molecule has 12 aromatic carbocycles. The molecule has 0 saturated carbocycles. The number of hydrogen-bond acceptors (Lipinski definition) is 5. The fourth-order valence-electron chi connectivity index (χ4n) is 16.3. The quantitative estimate of drug-likeness (QED) is 0.0953. The number of para-hydroxylation sites is 10. The highest BCUT2D eigenvalue weighted by Gasteiger charge is 2.33. The first-order valence-corrected chi connectivity index (χ1v) is 34.3. The summed E-state index contributed by atoms with van der Waals surface area (Å²) in [5, 5.41) is 24.2. The predicted molar refractivity (Wildman–Crippen MR) is 409 cm³/mol. The van der Waals surface area contributed by atoms with Crippen molar-refractivity contribution in [3.63, 3.8) is 0 Å². The zero-order valence-corrected chi connectivity index (χ0v) is 54.4. The summed E-state index contributed by atoms with van der Waals surface area (Å²) in [5.41, 5.74) is 16.3. The van der Waals surface area contributed by atoms with Crippen LogP contribution in [0, 0.1) is 11.3 Å². The zero-order chi connectivity index (χ0) is 65.9. The monoisotopic (exact) mass is 1290 g/mol. The molecular formula is C89H61N9O2. The van der Waals surface area contributed by atoms with Crippen molar-refractivity contribution in [2.75, 3.05) is 13.2 Å². The zero-order valence-electron chi connectivity index (χ0n) is 54.4. The minimum atomic E-state index is 0.453. The summed E-state index contributed by atoms with van der Waals surface area (Å²) in [6, 6.07) is 106. The molecule has 8 aromatic heterocycles. The SMILES string of the molecule is N#Cc1ccc(-c2c(-n3c4ccccc4c4ccccc43)c(-n3c4ccccc4c4cc(OCCCn5c6ccccc6c6ccccc65)ccc43)nc(-n3c4ccccc4c4cc(OCCCn5c6ccccc6c6ccccc65)ccc43)c2-n2c3ccccc3c3ccccc32)nc1. The van der Waals surface area contributed by atoms with Gasteiger partial charge in [0.1, 0.15) is 28.9 Å². The standard InChI is InChI=1S/C89H61N9O2/c90-55-57-43-46-72(91-56-57)85-86(95-77-37-15-5-27-64(77)65-28-6-16-38-78(65)95)88(97-81-41-19-9-31-68(81)70-53-58(44-47-83(70)97)99-51-21-49-93-73-33-11-1-23-60(73)61-24-2-12-34-74(61)93)92-89(87(85)96-79-39-17-7-29-66(79)67-30-8-18-40-80(67)96)98-82-42-20-10-32-69(82)71-54-59(45-48-84(71)98)100-52-22-50-94-75-35-13-3-25-62(75)63-26-4-14-36-76(63)94/h1-20,23-48,53-54,56H,21-22,49-52H2. The number of aryl methyl sites for hydroxylation is 2. The van der Waals surface area contributed by atoms with E-state index in [4.69, 9.17) is 19.4 Å². The van der Waals surface area contributed by atoms with Crippen LogP contribution in [-0.2, 0) is 13.1 Å². The molecule has 0 atom stereocenters. The lowest BCUT2D eigenvalue weighted by atomic mass is 10.0. The van der Waals surface area contributed by atoms with Crippen LogP contribution in [0.5, 0.6) is 11.5 Å². The van der Waals surface area contributed by atoms with Gasteiger partial charge in [-0.15, -0.1) is 0 Å². The number of benzene rings is 12. The van der Waals surface area contributed by atoms with Crippen LogP contribution in [0.15, 0.2) is 297 Å². The Balaban J connectivity index is 0.834. The second-order valence-electron chi connectivity index (χ2n) is 26.0. The molecule has 11 nitrogen and oxygen atoms in total. The largest absolute Gasteiger partial charge is 0.494 e. The molecule has 0 unspecified atom stereocenters. The smallest absolute Gasteiger partial charge is 0.165 e. The maximum absolute atomic E-state index is 10.6. The fraction of sp³-hybridized carbons (Fsp3) is 0.0674. The Hall–Kier alpha value is -13.2. The van der Waals surface area contributed by atoms with Crippen LogP contribution in [0.3, 0.4) is 0 Å². The molecule has 0 aliphatic heterocycles. The van der Waals surface area contributed by atoms with Gasteiger partial charge in [0.2, 0.25) is 0 Å². The van der Waals surface area contributed by atoms with E-state index in [1.165, 1.54) is 43.6 Å². The van der Waals surface area contributed by atoms with E-state index in [0.29, 0.717) is 36.1 Å². The van der Waals surface area contributed by atoms with Crippen LogP contribution in [0.1, 0.15) is 18.4 Å². The van der Waals surface area contributed by atoms with Crippen molar-refractivity contribution in [3.05, 3.63) is 303 Å². The Kier molecular flexibility index (Phi) is 13.1. The third-order valence-electron chi connectivity index (χ3n) is 20.5. The summed E-state index contributed by atoms with van der Waals surface area (Å²) in [6.07, 6.45) is 3.32. The van der Waals surface area contributed by atoms with E-state index in [2.05, 4.69) is 313 Å². The van der Waals surface area contributed by atoms with E-state index in [-0.39, 0.29) is 0 Å². The molecule has 474 valence electrons.